The first kappa shape index (κ1) is 31.9. The highest BCUT2D eigenvalue weighted by atomic mass is 16.3. The van der Waals surface area contributed by atoms with Crippen molar-refractivity contribution in [2.45, 2.75) is 0 Å². The molecule has 56 heavy (non-hydrogen) atoms. The van der Waals surface area contributed by atoms with Crippen molar-refractivity contribution in [3.63, 3.8) is 0 Å². The van der Waals surface area contributed by atoms with Gasteiger partial charge in [-0.25, -0.2) is 15.0 Å². The molecule has 0 atom stereocenters. The maximum atomic E-state index is 6.69. The second-order valence-electron chi connectivity index (χ2n) is 13.9. The fourth-order valence-electron chi connectivity index (χ4n) is 7.83. The monoisotopic (exact) mass is 717 g/mol. The Bertz CT molecular complexity index is 3220. The van der Waals surface area contributed by atoms with E-state index in [2.05, 4.69) is 121 Å². The summed E-state index contributed by atoms with van der Waals surface area (Å²) in [5.41, 5.74) is 12.6. The Balaban J connectivity index is 1.02. The van der Waals surface area contributed by atoms with Gasteiger partial charge in [-0.2, -0.15) is 0 Å². The van der Waals surface area contributed by atoms with Crippen LogP contribution in [0, 0.1) is 0 Å². The molecule has 0 aliphatic rings. The number of hydrogen-bond acceptors (Lipinski definition) is 5. The molecule has 8 aromatic carbocycles. The smallest absolute Gasteiger partial charge is 0.164 e. The van der Waals surface area contributed by atoms with Crippen LogP contribution in [0.25, 0.3) is 111 Å². The Morgan fingerprint density at radius 1 is 0.268 bits per heavy atom. The zero-order valence-electron chi connectivity index (χ0n) is 30.1. The number of benzene rings is 8. The molecule has 3 heterocycles. The van der Waals surface area contributed by atoms with Gasteiger partial charge in [0.25, 0.3) is 0 Å². The van der Waals surface area contributed by atoms with Crippen LogP contribution in [-0.4, -0.2) is 15.0 Å². The van der Waals surface area contributed by atoms with Gasteiger partial charge in [0.2, 0.25) is 0 Å². The normalized spacial score (nSPS) is 11.6. The van der Waals surface area contributed by atoms with Crippen molar-refractivity contribution in [3.8, 4) is 67.5 Å². The lowest BCUT2D eigenvalue weighted by molar-refractivity contribution is 0.665. The first-order valence-corrected chi connectivity index (χ1v) is 18.7. The molecule has 0 amide bonds. The van der Waals surface area contributed by atoms with Crippen molar-refractivity contribution in [2.24, 2.45) is 0 Å². The minimum absolute atomic E-state index is 0.612. The molecular weight excluding hydrogens is 687 g/mol. The zero-order valence-corrected chi connectivity index (χ0v) is 30.1. The summed E-state index contributed by atoms with van der Waals surface area (Å²) in [7, 11) is 0. The summed E-state index contributed by atoms with van der Waals surface area (Å²) in [5, 5.41) is 4.31. The molecule has 0 saturated heterocycles. The van der Waals surface area contributed by atoms with Crippen LogP contribution in [0.2, 0.25) is 0 Å². The van der Waals surface area contributed by atoms with E-state index in [9.17, 15) is 0 Å². The summed E-state index contributed by atoms with van der Waals surface area (Å²) >= 11 is 0. The molecule has 11 aromatic rings. The molecule has 0 radical (unpaired) electrons. The highest BCUT2D eigenvalue weighted by molar-refractivity contribution is 6.18. The van der Waals surface area contributed by atoms with E-state index < -0.39 is 0 Å². The number of nitrogens with zero attached hydrogens (tertiary/aromatic N) is 3. The third kappa shape index (κ3) is 5.37. The van der Waals surface area contributed by atoms with Crippen molar-refractivity contribution in [3.05, 3.63) is 188 Å². The number of aromatic nitrogens is 3. The van der Waals surface area contributed by atoms with Crippen molar-refractivity contribution in [1.82, 2.24) is 15.0 Å². The predicted octanol–water partition coefficient (Wildman–Crippen LogP) is 13.7. The van der Waals surface area contributed by atoms with Crippen LogP contribution in [0.15, 0.2) is 197 Å². The van der Waals surface area contributed by atoms with Gasteiger partial charge >= 0.3 is 0 Å². The average Bonchev–Trinajstić information content (AvgIpc) is 3.86. The highest BCUT2D eigenvalue weighted by Gasteiger charge is 2.21. The van der Waals surface area contributed by atoms with Gasteiger partial charge in [0.1, 0.15) is 22.3 Å². The lowest BCUT2D eigenvalue weighted by atomic mass is 9.93. The van der Waals surface area contributed by atoms with Gasteiger partial charge in [-0.15, -0.1) is 0 Å². The van der Waals surface area contributed by atoms with Crippen molar-refractivity contribution in [2.75, 3.05) is 0 Å². The number of para-hydroxylation sites is 3. The second kappa shape index (κ2) is 13.0. The molecule has 0 N–H and O–H groups in total. The molecule has 0 bridgehead atoms. The van der Waals surface area contributed by atoms with E-state index in [1.54, 1.807) is 0 Å². The third-order valence-corrected chi connectivity index (χ3v) is 10.6. The summed E-state index contributed by atoms with van der Waals surface area (Å²) in [6, 6.07) is 64.4. The molecule has 0 unspecified atom stereocenters. The molecule has 0 aliphatic carbocycles. The number of hydrogen-bond donors (Lipinski definition) is 0. The van der Waals surface area contributed by atoms with Gasteiger partial charge in [0, 0.05) is 49.4 Å². The van der Waals surface area contributed by atoms with E-state index in [1.165, 1.54) is 5.56 Å². The molecule has 0 spiro atoms. The summed E-state index contributed by atoms with van der Waals surface area (Å²) < 4.78 is 13.2. The third-order valence-electron chi connectivity index (χ3n) is 10.6. The zero-order chi connectivity index (χ0) is 37.0. The molecule has 3 aromatic heterocycles. The topological polar surface area (TPSA) is 65.0 Å². The fraction of sp³-hybridized carbons (Fsp3) is 0. The molecule has 11 rings (SSSR count). The lowest BCUT2D eigenvalue weighted by Gasteiger charge is -2.11. The quantitative estimate of drug-likeness (QED) is 0.171. The van der Waals surface area contributed by atoms with Crippen LogP contribution >= 0.6 is 0 Å². The Kier molecular flexibility index (Phi) is 7.42. The van der Waals surface area contributed by atoms with Gasteiger partial charge in [0.15, 0.2) is 17.5 Å². The molecular formula is C51H31N3O2. The van der Waals surface area contributed by atoms with Crippen LogP contribution in [0.4, 0.5) is 0 Å². The van der Waals surface area contributed by atoms with Crippen LogP contribution < -0.4 is 0 Å². The predicted molar refractivity (Wildman–Crippen MR) is 227 cm³/mol. The molecule has 0 fully saturated rings. The summed E-state index contributed by atoms with van der Waals surface area (Å²) in [5.74, 6) is 1.86. The average molecular weight is 718 g/mol. The van der Waals surface area contributed by atoms with Crippen LogP contribution in [-0.2, 0) is 0 Å². The molecule has 0 saturated carbocycles. The number of rotatable bonds is 6. The van der Waals surface area contributed by atoms with Crippen molar-refractivity contribution in [1.29, 1.82) is 0 Å². The molecule has 262 valence electrons. The van der Waals surface area contributed by atoms with Gasteiger partial charge < -0.3 is 8.83 Å². The Morgan fingerprint density at radius 2 is 0.696 bits per heavy atom. The highest BCUT2D eigenvalue weighted by Crippen LogP contribution is 2.44. The maximum Gasteiger partial charge on any atom is 0.164 e. The number of fused-ring (bicyclic) bond motifs is 6. The lowest BCUT2D eigenvalue weighted by Crippen LogP contribution is -2.00. The number of furan rings is 2. The van der Waals surface area contributed by atoms with Gasteiger partial charge in [-0.3, -0.25) is 0 Å². The SMILES string of the molecule is c1ccc(-c2ccc(-c3nc(-c4ccccc4)nc(-c4ccc(-c5ccc(-c6cccc7c6oc6ccccc67)c6oc7ccccc7c56)cc4)n3)cc2)cc1. The summed E-state index contributed by atoms with van der Waals surface area (Å²) in [6.07, 6.45) is 0. The van der Waals surface area contributed by atoms with E-state index in [1.807, 2.05) is 66.7 Å². The Labute approximate surface area is 322 Å². The van der Waals surface area contributed by atoms with E-state index in [0.717, 1.165) is 88.4 Å². The van der Waals surface area contributed by atoms with E-state index in [-0.39, 0.29) is 0 Å². The van der Waals surface area contributed by atoms with Gasteiger partial charge in [0.05, 0.1) is 0 Å². The van der Waals surface area contributed by atoms with E-state index in [0.29, 0.717) is 17.5 Å². The molecule has 5 nitrogen and oxygen atoms in total. The Morgan fingerprint density at radius 3 is 1.36 bits per heavy atom. The van der Waals surface area contributed by atoms with Crippen LogP contribution in [0.3, 0.4) is 0 Å². The standard InChI is InChI=1S/C51H31N3O2/c1-3-12-32(13-4-1)33-22-26-36(27-23-33)50-52-49(35-14-5-2-6-15-35)53-51(54-50)37-28-24-34(25-29-37)38-30-31-42(48-46(38)43-17-8-10-21-45(43)56-48)41-19-11-18-40-39-16-7-9-20-44(39)55-47(40)41/h1-31H. The first-order valence-electron chi connectivity index (χ1n) is 18.7. The van der Waals surface area contributed by atoms with Gasteiger partial charge in [-0.05, 0) is 40.5 Å². The van der Waals surface area contributed by atoms with Crippen LogP contribution in [0.1, 0.15) is 0 Å². The summed E-state index contributed by atoms with van der Waals surface area (Å²) in [4.78, 5) is 15.0. The van der Waals surface area contributed by atoms with Gasteiger partial charge in [-0.1, -0.05) is 170 Å². The van der Waals surface area contributed by atoms with E-state index in [4.69, 9.17) is 23.8 Å². The largest absolute Gasteiger partial charge is 0.455 e. The minimum Gasteiger partial charge on any atom is -0.455 e. The second-order valence-corrected chi connectivity index (χ2v) is 13.9. The maximum absolute atomic E-state index is 6.69. The molecule has 0 aliphatic heterocycles. The Hall–Kier alpha value is -7.63. The van der Waals surface area contributed by atoms with Crippen LogP contribution in [0.5, 0.6) is 0 Å². The van der Waals surface area contributed by atoms with Crippen molar-refractivity contribution < 1.29 is 8.83 Å². The first-order chi connectivity index (χ1) is 27.7. The minimum atomic E-state index is 0.612. The van der Waals surface area contributed by atoms with Crippen molar-refractivity contribution >= 4 is 43.9 Å². The van der Waals surface area contributed by atoms with E-state index >= 15 is 0 Å². The molecule has 5 heteroatoms. The fourth-order valence-corrected chi connectivity index (χ4v) is 7.83. The summed E-state index contributed by atoms with van der Waals surface area (Å²) in [6.45, 7) is 0.